The first-order valence-electron chi connectivity index (χ1n) is 10.1. The predicted molar refractivity (Wildman–Crippen MR) is 118 cm³/mol. The summed E-state index contributed by atoms with van der Waals surface area (Å²) in [6.07, 6.45) is 1.52. The van der Waals surface area contributed by atoms with Gasteiger partial charge < -0.3 is 9.64 Å². The zero-order valence-electron chi connectivity index (χ0n) is 16.7. The lowest BCUT2D eigenvalue weighted by Gasteiger charge is -2.17. The van der Waals surface area contributed by atoms with E-state index in [0.717, 1.165) is 11.3 Å². The molecule has 0 aliphatic carbocycles. The Balaban J connectivity index is 1.41. The van der Waals surface area contributed by atoms with E-state index in [-0.39, 0.29) is 17.9 Å². The molecule has 0 fully saturated rings. The van der Waals surface area contributed by atoms with E-state index < -0.39 is 5.82 Å². The second-order valence-electron chi connectivity index (χ2n) is 7.34. The molecule has 1 aromatic heterocycles. The molecule has 2 heterocycles. The number of benzene rings is 3. The van der Waals surface area contributed by atoms with Gasteiger partial charge in [-0.1, -0.05) is 54.6 Å². The molecule has 6 heteroatoms. The van der Waals surface area contributed by atoms with Gasteiger partial charge in [-0.3, -0.25) is 9.36 Å². The quantitative estimate of drug-likeness (QED) is 0.472. The lowest BCUT2D eigenvalue weighted by atomic mass is 10.1. The topological polar surface area (TPSA) is 47.4 Å². The molecular weight excluding hydrogens is 393 g/mol. The van der Waals surface area contributed by atoms with Crippen molar-refractivity contribution in [1.82, 2.24) is 9.55 Å². The van der Waals surface area contributed by atoms with Gasteiger partial charge in [0.2, 0.25) is 5.95 Å². The van der Waals surface area contributed by atoms with Gasteiger partial charge in [0.15, 0.2) is 11.6 Å². The molecule has 3 aromatic carbocycles. The van der Waals surface area contributed by atoms with Gasteiger partial charge in [0, 0.05) is 25.0 Å². The summed E-state index contributed by atoms with van der Waals surface area (Å²) in [4.78, 5) is 19.6. The van der Waals surface area contributed by atoms with Crippen LogP contribution in [0.2, 0.25) is 0 Å². The Kier molecular flexibility index (Phi) is 4.96. The van der Waals surface area contributed by atoms with Crippen molar-refractivity contribution in [2.45, 2.75) is 13.2 Å². The van der Waals surface area contributed by atoms with Gasteiger partial charge >= 0.3 is 0 Å². The maximum Gasteiger partial charge on any atom is 0.262 e. The molecular formula is C25H20FN3O2. The number of halogens is 1. The predicted octanol–water partition coefficient (Wildman–Crippen LogP) is 4.78. The van der Waals surface area contributed by atoms with Crippen molar-refractivity contribution in [2.24, 2.45) is 0 Å². The molecule has 0 amide bonds. The SMILES string of the molecule is O=c1c(-c2ccc(OCc3ccccc3)c(F)c2)cnc2n1CCN2c1ccccc1. The molecule has 31 heavy (non-hydrogen) atoms. The Labute approximate surface area is 179 Å². The first kappa shape index (κ1) is 19.1. The second-order valence-corrected chi connectivity index (χ2v) is 7.34. The molecule has 1 aliphatic rings. The van der Waals surface area contributed by atoms with Gasteiger partial charge in [0.25, 0.3) is 5.56 Å². The highest BCUT2D eigenvalue weighted by molar-refractivity contribution is 5.66. The Bertz CT molecular complexity index is 1270. The number of hydrogen-bond donors (Lipinski definition) is 0. The monoisotopic (exact) mass is 413 g/mol. The van der Waals surface area contributed by atoms with E-state index in [4.69, 9.17) is 4.74 Å². The molecule has 0 radical (unpaired) electrons. The molecule has 0 saturated heterocycles. The smallest absolute Gasteiger partial charge is 0.262 e. The molecule has 0 unspecified atom stereocenters. The molecule has 0 spiro atoms. The van der Waals surface area contributed by atoms with E-state index in [1.54, 1.807) is 16.7 Å². The number of fused-ring (bicyclic) bond motifs is 1. The normalized spacial score (nSPS) is 12.6. The van der Waals surface area contributed by atoms with E-state index >= 15 is 0 Å². The third-order valence-corrected chi connectivity index (χ3v) is 5.36. The first-order chi connectivity index (χ1) is 15.2. The number of ether oxygens (including phenoxy) is 1. The van der Waals surface area contributed by atoms with Crippen LogP contribution in [-0.2, 0) is 13.2 Å². The first-order valence-corrected chi connectivity index (χ1v) is 10.1. The van der Waals surface area contributed by atoms with Crippen LogP contribution >= 0.6 is 0 Å². The van der Waals surface area contributed by atoms with Crippen LogP contribution in [0.25, 0.3) is 11.1 Å². The number of aromatic nitrogens is 2. The van der Waals surface area contributed by atoms with Gasteiger partial charge in [-0.2, -0.15) is 0 Å². The Morgan fingerprint density at radius 2 is 1.68 bits per heavy atom. The fourth-order valence-electron chi connectivity index (χ4n) is 3.77. The van der Waals surface area contributed by atoms with Crippen LogP contribution in [0.4, 0.5) is 16.0 Å². The zero-order chi connectivity index (χ0) is 21.2. The Morgan fingerprint density at radius 1 is 0.935 bits per heavy atom. The van der Waals surface area contributed by atoms with Crippen LogP contribution in [0.3, 0.4) is 0 Å². The summed E-state index contributed by atoms with van der Waals surface area (Å²) in [6.45, 7) is 1.47. The van der Waals surface area contributed by atoms with Crippen LogP contribution in [0.15, 0.2) is 89.9 Å². The Hall–Kier alpha value is -3.93. The highest BCUT2D eigenvalue weighted by Gasteiger charge is 2.24. The second kappa shape index (κ2) is 8.07. The van der Waals surface area contributed by atoms with Crippen molar-refractivity contribution in [3.8, 4) is 16.9 Å². The summed E-state index contributed by atoms with van der Waals surface area (Å²) < 4.78 is 21.9. The fraction of sp³-hybridized carbons (Fsp3) is 0.120. The van der Waals surface area contributed by atoms with Gasteiger partial charge in [-0.15, -0.1) is 0 Å². The summed E-state index contributed by atoms with van der Waals surface area (Å²) in [6, 6.07) is 24.0. The van der Waals surface area contributed by atoms with E-state index in [1.807, 2.05) is 65.6 Å². The molecule has 4 aromatic rings. The van der Waals surface area contributed by atoms with Crippen molar-refractivity contribution < 1.29 is 9.13 Å². The van der Waals surface area contributed by atoms with Gasteiger partial charge in [0.1, 0.15) is 6.61 Å². The largest absolute Gasteiger partial charge is 0.486 e. The summed E-state index contributed by atoms with van der Waals surface area (Å²) >= 11 is 0. The van der Waals surface area contributed by atoms with Crippen LogP contribution < -0.4 is 15.2 Å². The molecule has 1 aliphatic heterocycles. The van der Waals surface area contributed by atoms with E-state index in [9.17, 15) is 9.18 Å². The maximum atomic E-state index is 14.7. The fourth-order valence-corrected chi connectivity index (χ4v) is 3.77. The van der Waals surface area contributed by atoms with Crippen molar-refractivity contribution in [3.05, 3.63) is 107 Å². The van der Waals surface area contributed by atoms with Crippen molar-refractivity contribution in [2.75, 3.05) is 11.4 Å². The summed E-state index contributed by atoms with van der Waals surface area (Å²) in [5.41, 5.74) is 2.61. The molecule has 5 nitrogen and oxygen atoms in total. The van der Waals surface area contributed by atoms with Crippen LogP contribution in [0.5, 0.6) is 5.75 Å². The highest BCUT2D eigenvalue weighted by Crippen LogP contribution is 2.29. The zero-order valence-corrected chi connectivity index (χ0v) is 16.7. The van der Waals surface area contributed by atoms with Gasteiger partial charge in [0.05, 0.1) is 5.56 Å². The minimum Gasteiger partial charge on any atom is -0.486 e. The van der Waals surface area contributed by atoms with Crippen LogP contribution in [-0.4, -0.2) is 16.1 Å². The molecule has 5 rings (SSSR count). The van der Waals surface area contributed by atoms with Gasteiger partial charge in [-0.05, 0) is 35.4 Å². The molecule has 0 N–H and O–H groups in total. The van der Waals surface area contributed by atoms with Crippen molar-refractivity contribution in [3.63, 3.8) is 0 Å². The lowest BCUT2D eigenvalue weighted by molar-refractivity contribution is 0.290. The summed E-state index contributed by atoms with van der Waals surface area (Å²) in [5.74, 6) is 0.240. The van der Waals surface area contributed by atoms with E-state index in [1.165, 1.54) is 12.3 Å². The molecule has 154 valence electrons. The van der Waals surface area contributed by atoms with E-state index in [2.05, 4.69) is 4.98 Å². The standard InChI is InChI=1S/C25H20FN3O2/c26-22-15-19(11-12-23(22)31-17-18-7-3-1-4-8-18)21-16-27-25-28(13-14-29(25)24(21)30)20-9-5-2-6-10-20/h1-12,15-16H,13-14,17H2. The molecule has 0 saturated carbocycles. The summed E-state index contributed by atoms with van der Waals surface area (Å²) in [7, 11) is 0. The van der Waals surface area contributed by atoms with Crippen molar-refractivity contribution >= 4 is 11.6 Å². The maximum absolute atomic E-state index is 14.7. The minimum atomic E-state index is -0.510. The third kappa shape index (κ3) is 3.68. The molecule has 0 atom stereocenters. The number of nitrogens with zero attached hydrogens (tertiary/aromatic N) is 3. The minimum absolute atomic E-state index is 0.150. The lowest BCUT2D eigenvalue weighted by Crippen LogP contribution is -2.21. The Morgan fingerprint density at radius 3 is 2.42 bits per heavy atom. The van der Waals surface area contributed by atoms with Crippen LogP contribution in [0, 0.1) is 5.82 Å². The highest BCUT2D eigenvalue weighted by atomic mass is 19.1. The third-order valence-electron chi connectivity index (χ3n) is 5.36. The average Bonchev–Trinajstić information content (AvgIpc) is 3.25. The van der Waals surface area contributed by atoms with Crippen molar-refractivity contribution in [1.29, 1.82) is 0 Å². The summed E-state index contributed by atoms with van der Waals surface area (Å²) in [5, 5.41) is 0. The molecule has 0 bridgehead atoms. The number of hydrogen-bond acceptors (Lipinski definition) is 4. The number of anilines is 2. The number of para-hydroxylation sites is 1. The van der Waals surface area contributed by atoms with Crippen LogP contribution in [0.1, 0.15) is 5.56 Å². The van der Waals surface area contributed by atoms with Gasteiger partial charge in [-0.25, -0.2) is 9.37 Å². The number of rotatable bonds is 5. The van der Waals surface area contributed by atoms with E-state index in [0.29, 0.717) is 30.2 Å². The average molecular weight is 413 g/mol.